The number of rotatable bonds is 11. The molecule has 3 heterocycles. The smallest absolute Gasteiger partial charge is 0.332 e. The fraction of sp³-hybridized carbons (Fsp3) is 0.448. The highest BCUT2D eigenvalue weighted by atomic mass is 32.1. The lowest BCUT2D eigenvalue weighted by molar-refractivity contribution is -0.149. The number of anilines is 1. The average Bonchev–Trinajstić information content (AvgIpc) is 3.22. The summed E-state index contributed by atoms with van der Waals surface area (Å²) in [4.78, 5) is 35.3. The van der Waals surface area contributed by atoms with E-state index in [0.717, 1.165) is 21.7 Å². The van der Waals surface area contributed by atoms with Gasteiger partial charge in [-0.1, -0.05) is 6.08 Å². The van der Waals surface area contributed by atoms with Crippen LogP contribution in [0.4, 0.5) is 5.13 Å². The van der Waals surface area contributed by atoms with E-state index in [4.69, 9.17) is 24.2 Å². The SMILES string of the molecule is C=CC1C[C@]1(NC(=O)[C@@H]1CC(Oc2cc(-c3csc(NC(C)C)n3)nc3cc(OC)ccc23)CN1)C(=O)OCC. The Morgan fingerprint density at radius 3 is 2.80 bits per heavy atom. The van der Waals surface area contributed by atoms with Gasteiger partial charge in [0.25, 0.3) is 0 Å². The molecule has 2 aromatic heterocycles. The second kappa shape index (κ2) is 11.4. The zero-order valence-corrected chi connectivity index (χ0v) is 24.0. The largest absolute Gasteiger partial charge is 0.497 e. The Labute approximate surface area is 237 Å². The molecular formula is C29H35N5O5S. The van der Waals surface area contributed by atoms with Crippen LogP contribution in [0.3, 0.4) is 0 Å². The van der Waals surface area contributed by atoms with Crippen molar-refractivity contribution in [3.8, 4) is 22.9 Å². The number of amides is 1. The van der Waals surface area contributed by atoms with Gasteiger partial charge in [-0.05, 0) is 39.3 Å². The van der Waals surface area contributed by atoms with Gasteiger partial charge in [0, 0.05) is 47.8 Å². The van der Waals surface area contributed by atoms with E-state index in [1.54, 1.807) is 20.1 Å². The molecule has 1 amide bonds. The van der Waals surface area contributed by atoms with Gasteiger partial charge in [-0.2, -0.15) is 0 Å². The fourth-order valence-electron chi connectivity index (χ4n) is 4.98. The van der Waals surface area contributed by atoms with Gasteiger partial charge in [0.15, 0.2) is 5.13 Å². The van der Waals surface area contributed by atoms with Crippen molar-refractivity contribution in [2.45, 2.75) is 57.3 Å². The molecule has 1 saturated carbocycles. The number of hydrogen-bond acceptors (Lipinski definition) is 10. The second-order valence-corrected chi connectivity index (χ2v) is 11.2. The van der Waals surface area contributed by atoms with E-state index in [-0.39, 0.29) is 30.6 Å². The Kier molecular flexibility index (Phi) is 7.95. The van der Waals surface area contributed by atoms with Crippen molar-refractivity contribution < 1.29 is 23.8 Å². The second-order valence-electron chi connectivity index (χ2n) is 10.4. The molecule has 10 nitrogen and oxygen atoms in total. The number of aromatic nitrogens is 2. The zero-order valence-electron chi connectivity index (χ0n) is 23.2. The number of fused-ring (bicyclic) bond motifs is 1. The third-order valence-corrected chi connectivity index (χ3v) is 7.92. The van der Waals surface area contributed by atoms with Crippen molar-refractivity contribution in [1.29, 1.82) is 0 Å². The number of carbonyl (C=O) groups excluding carboxylic acids is 2. The van der Waals surface area contributed by atoms with Gasteiger partial charge >= 0.3 is 5.97 Å². The van der Waals surface area contributed by atoms with Crippen molar-refractivity contribution in [3.05, 3.63) is 42.3 Å². The van der Waals surface area contributed by atoms with E-state index in [9.17, 15) is 9.59 Å². The Hall–Kier alpha value is -3.70. The van der Waals surface area contributed by atoms with Crippen LogP contribution < -0.4 is 25.4 Å². The number of benzene rings is 1. The maximum absolute atomic E-state index is 13.2. The van der Waals surface area contributed by atoms with Gasteiger partial charge < -0.3 is 30.2 Å². The molecule has 1 aliphatic carbocycles. The fourth-order valence-corrected chi connectivity index (χ4v) is 5.83. The molecule has 2 fully saturated rings. The number of nitrogens with one attached hydrogen (secondary N) is 3. The van der Waals surface area contributed by atoms with Gasteiger partial charge in [0.05, 0.1) is 31.0 Å². The van der Waals surface area contributed by atoms with Crippen molar-refractivity contribution in [1.82, 2.24) is 20.6 Å². The lowest BCUT2D eigenvalue weighted by Crippen LogP contribution is -2.51. The molecule has 40 heavy (non-hydrogen) atoms. The molecule has 4 atom stereocenters. The molecule has 3 N–H and O–H groups in total. The summed E-state index contributed by atoms with van der Waals surface area (Å²) in [5.74, 6) is 0.541. The minimum Gasteiger partial charge on any atom is -0.497 e. The number of ether oxygens (including phenoxy) is 3. The van der Waals surface area contributed by atoms with Crippen LogP contribution in [-0.2, 0) is 14.3 Å². The standard InChI is InChI=1S/C29H35N5O5S/c1-6-17-13-29(17,27(36)38-7-2)34-26(35)23-11-19(14-30-23)39-25-12-22(24-15-40-28(33-24)31-16(3)4)32-21-10-18(37-5)8-9-20(21)25/h6,8-10,12,15-17,19,23,30H,1,7,11,13-14H2,2-5H3,(H,31,33)(H,34,35)/t17?,19?,23-,29+/m0/s1. The first kappa shape index (κ1) is 27.9. The van der Waals surface area contributed by atoms with E-state index >= 15 is 0 Å². The summed E-state index contributed by atoms with van der Waals surface area (Å²) >= 11 is 1.52. The molecule has 0 radical (unpaired) electrons. The molecule has 3 aromatic rings. The molecule has 2 unspecified atom stereocenters. The van der Waals surface area contributed by atoms with E-state index in [2.05, 4.69) is 36.4 Å². The number of nitrogens with zero attached hydrogens (tertiary/aromatic N) is 2. The molecule has 1 aromatic carbocycles. The maximum atomic E-state index is 13.2. The summed E-state index contributed by atoms with van der Waals surface area (Å²) in [6.45, 7) is 10.4. The Morgan fingerprint density at radius 1 is 1.27 bits per heavy atom. The summed E-state index contributed by atoms with van der Waals surface area (Å²) in [7, 11) is 1.62. The Bertz CT molecular complexity index is 1430. The zero-order chi connectivity index (χ0) is 28.4. The third-order valence-electron chi connectivity index (χ3n) is 7.14. The number of esters is 1. The lowest BCUT2D eigenvalue weighted by Gasteiger charge is -2.20. The van der Waals surface area contributed by atoms with Crippen LogP contribution in [0.2, 0.25) is 0 Å². The number of pyridine rings is 1. The summed E-state index contributed by atoms with van der Waals surface area (Å²) < 4.78 is 17.1. The summed E-state index contributed by atoms with van der Waals surface area (Å²) in [5, 5.41) is 13.1. The van der Waals surface area contributed by atoms with Crippen molar-refractivity contribution in [2.75, 3.05) is 25.6 Å². The van der Waals surface area contributed by atoms with Crippen molar-refractivity contribution >= 4 is 39.2 Å². The number of carbonyl (C=O) groups is 2. The van der Waals surface area contributed by atoms with Crippen LogP contribution in [-0.4, -0.2) is 65.8 Å². The van der Waals surface area contributed by atoms with Crippen molar-refractivity contribution in [3.63, 3.8) is 0 Å². The van der Waals surface area contributed by atoms with Gasteiger partial charge in [0.1, 0.15) is 28.8 Å². The molecule has 1 aliphatic heterocycles. The van der Waals surface area contributed by atoms with E-state index in [1.165, 1.54) is 11.3 Å². The molecular weight excluding hydrogens is 530 g/mol. The van der Waals surface area contributed by atoms with Crippen LogP contribution >= 0.6 is 11.3 Å². The highest BCUT2D eigenvalue weighted by Crippen LogP contribution is 2.45. The molecule has 11 heteroatoms. The van der Waals surface area contributed by atoms with Gasteiger partial charge in [-0.15, -0.1) is 17.9 Å². The maximum Gasteiger partial charge on any atom is 0.332 e. The molecule has 0 spiro atoms. The Balaban J connectivity index is 1.34. The molecule has 0 bridgehead atoms. The summed E-state index contributed by atoms with van der Waals surface area (Å²) in [5.41, 5.74) is 1.13. The first-order valence-corrected chi connectivity index (χ1v) is 14.4. The van der Waals surface area contributed by atoms with E-state index in [1.807, 2.05) is 29.6 Å². The average molecular weight is 566 g/mol. The number of thiazole rings is 1. The topological polar surface area (TPSA) is 124 Å². The minimum atomic E-state index is -1.03. The van der Waals surface area contributed by atoms with Crippen LogP contribution in [0.15, 0.2) is 42.3 Å². The molecule has 2 aliphatic rings. The van der Waals surface area contributed by atoms with Crippen LogP contribution in [0.5, 0.6) is 11.5 Å². The first-order chi connectivity index (χ1) is 19.3. The van der Waals surface area contributed by atoms with Gasteiger partial charge in [-0.3, -0.25) is 4.79 Å². The first-order valence-electron chi connectivity index (χ1n) is 13.5. The summed E-state index contributed by atoms with van der Waals surface area (Å²) in [6.07, 6.45) is 2.36. The predicted molar refractivity (Wildman–Crippen MR) is 155 cm³/mol. The molecule has 5 rings (SSSR count). The normalized spacial score (nSPS) is 23.6. The quantitative estimate of drug-likeness (QED) is 0.234. The van der Waals surface area contributed by atoms with Crippen LogP contribution in [0.1, 0.15) is 33.6 Å². The third kappa shape index (κ3) is 5.62. The molecule has 1 saturated heterocycles. The number of methoxy groups -OCH3 is 1. The minimum absolute atomic E-state index is 0.135. The summed E-state index contributed by atoms with van der Waals surface area (Å²) in [6, 6.07) is 7.32. The lowest BCUT2D eigenvalue weighted by atomic mass is 10.1. The Morgan fingerprint density at radius 2 is 2.10 bits per heavy atom. The highest BCUT2D eigenvalue weighted by Gasteiger charge is 2.61. The monoisotopic (exact) mass is 565 g/mol. The number of hydrogen-bond donors (Lipinski definition) is 3. The van der Waals surface area contributed by atoms with Crippen LogP contribution in [0.25, 0.3) is 22.3 Å². The van der Waals surface area contributed by atoms with Gasteiger partial charge in [0.2, 0.25) is 5.91 Å². The van der Waals surface area contributed by atoms with E-state index in [0.29, 0.717) is 36.6 Å². The molecule has 212 valence electrons. The van der Waals surface area contributed by atoms with E-state index < -0.39 is 17.6 Å². The van der Waals surface area contributed by atoms with Gasteiger partial charge in [-0.25, -0.2) is 14.8 Å². The highest BCUT2D eigenvalue weighted by molar-refractivity contribution is 7.14. The van der Waals surface area contributed by atoms with Crippen molar-refractivity contribution in [2.24, 2.45) is 5.92 Å². The van der Waals surface area contributed by atoms with Crippen LogP contribution in [0, 0.1) is 5.92 Å². The predicted octanol–water partition coefficient (Wildman–Crippen LogP) is 3.92.